The molecule has 0 unspecified atom stereocenters. The van der Waals surface area contributed by atoms with Crippen LogP contribution in [0.2, 0.25) is 0 Å². The quantitative estimate of drug-likeness (QED) is 0.437. The van der Waals surface area contributed by atoms with Crippen LogP contribution in [0.3, 0.4) is 0 Å². The maximum absolute atomic E-state index is 12.2. The summed E-state index contributed by atoms with van der Waals surface area (Å²) in [7, 11) is 0. The smallest absolute Gasteiger partial charge is 0.234 e. The van der Waals surface area contributed by atoms with Crippen LogP contribution in [0.25, 0.3) is 0 Å². The Hall–Kier alpha value is -3.06. The lowest BCUT2D eigenvalue weighted by molar-refractivity contribution is -0.113. The highest BCUT2D eigenvalue weighted by Crippen LogP contribution is 2.20. The molecule has 3 rings (SSSR count). The molecule has 1 aromatic heterocycles. The van der Waals surface area contributed by atoms with E-state index in [1.54, 1.807) is 6.08 Å². The standard InChI is InChI=1S/C21H22N4O2S/c1-3-12-25-19(14-27-18-11-7-8-16(2)13-18)23-24-21(25)28-15-20(26)22-17-9-5-4-6-10-17/h3-11,13H,1,12,14-15H2,2H3,(H,22,26). The number of thioether (sulfide) groups is 1. The van der Waals surface area contributed by atoms with Crippen LogP contribution in [-0.2, 0) is 17.9 Å². The Morgan fingerprint density at radius 2 is 2.04 bits per heavy atom. The van der Waals surface area contributed by atoms with Crippen LogP contribution in [0, 0.1) is 6.92 Å². The van der Waals surface area contributed by atoms with Crippen molar-refractivity contribution in [3.05, 3.63) is 78.6 Å². The molecule has 0 aliphatic rings. The molecular weight excluding hydrogens is 372 g/mol. The molecule has 7 heteroatoms. The number of para-hydroxylation sites is 1. The fourth-order valence-electron chi connectivity index (χ4n) is 2.55. The van der Waals surface area contributed by atoms with Crippen LogP contribution in [0.4, 0.5) is 5.69 Å². The SMILES string of the molecule is C=CCn1c(COc2cccc(C)c2)nnc1SCC(=O)Nc1ccccc1. The molecule has 0 fully saturated rings. The molecule has 28 heavy (non-hydrogen) atoms. The summed E-state index contributed by atoms with van der Waals surface area (Å²) in [6.45, 7) is 6.65. The highest BCUT2D eigenvalue weighted by Gasteiger charge is 2.14. The van der Waals surface area contributed by atoms with Crippen LogP contribution in [0.1, 0.15) is 11.4 Å². The minimum absolute atomic E-state index is 0.0955. The summed E-state index contributed by atoms with van der Waals surface area (Å²) in [5.41, 5.74) is 1.90. The van der Waals surface area contributed by atoms with Gasteiger partial charge in [-0.25, -0.2) is 0 Å². The largest absolute Gasteiger partial charge is 0.486 e. The van der Waals surface area contributed by atoms with Gasteiger partial charge in [0.1, 0.15) is 12.4 Å². The Balaban J connectivity index is 1.61. The number of amides is 1. The van der Waals surface area contributed by atoms with E-state index in [2.05, 4.69) is 22.1 Å². The molecule has 0 bridgehead atoms. The second kappa shape index (κ2) is 9.75. The van der Waals surface area contributed by atoms with Gasteiger partial charge in [0.25, 0.3) is 0 Å². The third-order valence-corrected chi connectivity index (χ3v) is 4.82. The first-order valence-corrected chi connectivity index (χ1v) is 9.84. The Labute approximate surface area is 168 Å². The molecule has 0 spiro atoms. The van der Waals surface area contributed by atoms with E-state index < -0.39 is 0 Å². The first-order chi connectivity index (χ1) is 13.7. The Kier molecular flexibility index (Phi) is 6.86. The number of benzene rings is 2. The van der Waals surface area contributed by atoms with Gasteiger partial charge in [-0.2, -0.15) is 0 Å². The van der Waals surface area contributed by atoms with Crippen LogP contribution in [-0.4, -0.2) is 26.4 Å². The van der Waals surface area contributed by atoms with Crippen molar-refractivity contribution >= 4 is 23.4 Å². The van der Waals surface area contributed by atoms with Gasteiger partial charge in [-0.15, -0.1) is 16.8 Å². The molecule has 3 aromatic rings. The van der Waals surface area contributed by atoms with E-state index >= 15 is 0 Å². The zero-order chi connectivity index (χ0) is 19.8. The molecule has 0 aliphatic heterocycles. The van der Waals surface area contributed by atoms with Gasteiger partial charge in [-0.3, -0.25) is 9.36 Å². The van der Waals surface area contributed by atoms with Crippen LogP contribution < -0.4 is 10.1 Å². The van der Waals surface area contributed by atoms with E-state index in [-0.39, 0.29) is 11.7 Å². The van der Waals surface area contributed by atoms with Crippen LogP contribution in [0.15, 0.2) is 72.4 Å². The average Bonchev–Trinajstić information content (AvgIpc) is 3.08. The second-order valence-corrected chi connectivity index (χ2v) is 7.05. The summed E-state index contributed by atoms with van der Waals surface area (Å²) in [6.07, 6.45) is 1.77. The van der Waals surface area contributed by atoms with E-state index in [0.29, 0.717) is 24.1 Å². The number of hydrogen-bond donors (Lipinski definition) is 1. The van der Waals surface area contributed by atoms with Crippen molar-refractivity contribution in [2.24, 2.45) is 0 Å². The molecule has 1 N–H and O–H groups in total. The van der Waals surface area contributed by atoms with Crippen molar-refractivity contribution in [3.63, 3.8) is 0 Å². The van der Waals surface area contributed by atoms with Gasteiger partial charge in [0.05, 0.1) is 5.75 Å². The molecule has 144 valence electrons. The van der Waals surface area contributed by atoms with Crippen molar-refractivity contribution in [2.45, 2.75) is 25.2 Å². The number of nitrogens with one attached hydrogen (secondary N) is 1. The van der Waals surface area contributed by atoms with E-state index in [9.17, 15) is 4.79 Å². The number of aromatic nitrogens is 3. The summed E-state index contributed by atoms with van der Waals surface area (Å²) in [5.74, 6) is 1.61. The van der Waals surface area contributed by atoms with Gasteiger partial charge < -0.3 is 10.1 Å². The van der Waals surface area contributed by atoms with Crippen molar-refractivity contribution < 1.29 is 9.53 Å². The molecule has 0 atom stereocenters. The van der Waals surface area contributed by atoms with Gasteiger partial charge >= 0.3 is 0 Å². The summed E-state index contributed by atoms with van der Waals surface area (Å²) in [4.78, 5) is 12.2. The number of allylic oxidation sites excluding steroid dienone is 1. The number of ether oxygens (including phenoxy) is 1. The molecule has 2 aromatic carbocycles. The van der Waals surface area contributed by atoms with Gasteiger partial charge in [0.2, 0.25) is 5.91 Å². The number of hydrogen-bond acceptors (Lipinski definition) is 5. The van der Waals surface area contributed by atoms with Gasteiger partial charge in [-0.05, 0) is 36.8 Å². The number of carbonyl (C=O) groups is 1. The Morgan fingerprint density at radius 3 is 2.79 bits per heavy atom. The highest BCUT2D eigenvalue weighted by atomic mass is 32.2. The van der Waals surface area contributed by atoms with Gasteiger partial charge in [0, 0.05) is 12.2 Å². The fraction of sp³-hybridized carbons (Fsp3) is 0.190. The molecule has 0 saturated carbocycles. The molecule has 0 aliphatic carbocycles. The zero-order valence-electron chi connectivity index (χ0n) is 15.7. The lowest BCUT2D eigenvalue weighted by atomic mass is 10.2. The summed E-state index contributed by atoms with van der Waals surface area (Å²) >= 11 is 1.33. The van der Waals surface area contributed by atoms with E-state index in [0.717, 1.165) is 17.0 Å². The topological polar surface area (TPSA) is 69.0 Å². The molecule has 6 nitrogen and oxygen atoms in total. The third-order valence-electron chi connectivity index (χ3n) is 3.85. The monoisotopic (exact) mass is 394 g/mol. The summed E-state index contributed by atoms with van der Waals surface area (Å²) in [5, 5.41) is 12.0. The number of rotatable bonds is 9. The number of aryl methyl sites for hydroxylation is 1. The number of anilines is 1. The second-order valence-electron chi connectivity index (χ2n) is 6.11. The Morgan fingerprint density at radius 1 is 1.21 bits per heavy atom. The van der Waals surface area contributed by atoms with E-state index in [4.69, 9.17) is 4.74 Å². The normalized spacial score (nSPS) is 10.5. The maximum atomic E-state index is 12.2. The minimum atomic E-state index is -0.0955. The van der Waals surface area contributed by atoms with E-state index in [1.807, 2.05) is 66.1 Å². The third kappa shape index (κ3) is 5.47. The summed E-state index contributed by atoms with van der Waals surface area (Å²) < 4.78 is 7.74. The van der Waals surface area contributed by atoms with Crippen molar-refractivity contribution in [3.8, 4) is 5.75 Å². The molecule has 1 amide bonds. The Bertz CT molecular complexity index is 941. The molecule has 0 saturated heterocycles. The maximum Gasteiger partial charge on any atom is 0.234 e. The van der Waals surface area contributed by atoms with Crippen LogP contribution >= 0.6 is 11.8 Å². The van der Waals surface area contributed by atoms with Crippen molar-refractivity contribution in [1.82, 2.24) is 14.8 Å². The predicted molar refractivity (Wildman–Crippen MR) is 112 cm³/mol. The predicted octanol–water partition coefficient (Wildman–Crippen LogP) is 4.08. The minimum Gasteiger partial charge on any atom is -0.486 e. The fourth-order valence-corrected chi connectivity index (χ4v) is 3.31. The van der Waals surface area contributed by atoms with Gasteiger partial charge in [0.15, 0.2) is 11.0 Å². The lowest BCUT2D eigenvalue weighted by Gasteiger charge is -2.09. The lowest BCUT2D eigenvalue weighted by Crippen LogP contribution is -2.14. The number of nitrogens with zero attached hydrogens (tertiary/aromatic N) is 3. The molecule has 0 radical (unpaired) electrons. The van der Waals surface area contributed by atoms with Crippen molar-refractivity contribution in [1.29, 1.82) is 0 Å². The first-order valence-electron chi connectivity index (χ1n) is 8.86. The van der Waals surface area contributed by atoms with Crippen LogP contribution in [0.5, 0.6) is 5.75 Å². The highest BCUT2D eigenvalue weighted by molar-refractivity contribution is 7.99. The first kappa shape index (κ1) is 19.7. The average molecular weight is 395 g/mol. The van der Waals surface area contributed by atoms with E-state index in [1.165, 1.54) is 11.8 Å². The van der Waals surface area contributed by atoms with Crippen molar-refractivity contribution in [2.75, 3.05) is 11.1 Å². The zero-order valence-corrected chi connectivity index (χ0v) is 16.5. The molecular formula is C21H22N4O2S. The van der Waals surface area contributed by atoms with Gasteiger partial charge in [-0.1, -0.05) is 48.2 Å². The summed E-state index contributed by atoms with van der Waals surface area (Å²) in [6, 6.07) is 17.2. The molecule has 1 heterocycles. The number of carbonyl (C=O) groups excluding carboxylic acids is 1.